The van der Waals surface area contributed by atoms with Gasteiger partial charge in [-0.2, -0.15) is 0 Å². The lowest BCUT2D eigenvalue weighted by atomic mass is 10.1. The number of ether oxygens (including phenoxy) is 1. The van der Waals surface area contributed by atoms with E-state index in [0.717, 1.165) is 24.2 Å². The summed E-state index contributed by atoms with van der Waals surface area (Å²) in [4.78, 5) is 0. The Balaban J connectivity index is 2.70. The molecule has 1 atom stereocenters. The predicted molar refractivity (Wildman–Crippen MR) is 72.4 cm³/mol. The Labute approximate surface area is 108 Å². The van der Waals surface area contributed by atoms with Crippen LogP contribution in [0.25, 0.3) is 0 Å². The van der Waals surface area contributed by atoms with Gasteiger partial charge >= 0.3 is 0 Å². The van der Waals surface area contributed by atoms with Crippen molar-refractivity contribution in [3.8, 4) is 18.1 Å². The number of terminal acetylenes is 1. The topological polar surface area (TPSA) is 35.2 Å². The highest BCUT2D eigenvalue weighted by molar-refractivity contribution is 6.32. The van der Waals surface area contributed by atoms with Crippen molar-refractivity contribution in [2.45, 2.75) is 32.2 Å². The first-order chi connectivity index (χ1) is 8.15. The van der Waals surface area contributed by atoms with Crippen LogP contribution < -0.4 is 10.5 Å². The van der Waals surface area contributed by atoms with E-state index in [1.165, 1.54) is 0 Å². The molecule has 17 heavy (non-hydrogen) atoms. The number of unbranched alkanes of at least 4 members (excludes halogenated alkanes) is 1. The third-order valence-electron chi connectivity index (χ3n) is 2.30. The van der Waals surface area contributed by atoms with Crippen LogP contribution in [0.2, 0.25) is 5.02 Å². The fourth-order valence-corrected chi connectivity index (χ4v) is 1.82. The summed E-state index contributed by atoms with van der Waals surface area (Å²) in [5.74, 6) is 3.32. The molecule has 3 heteroatoms. The molecule has 0 aromatic heterocycles. The van der Waals surface area contributed by atoms with Gasteiger partial charge in [-0.1, -0.05) is 23.7 Å². The largest absolute Gasteiger partial charge is 0.492 e. The fraction of sp³-hybridized carbons (Fsp3) is 0.429. The van der Waals surface area contributed by atoms with E-state index in [1.807, 2.05) is 25.1 Å². The van der Waals surface area contributed by atoms with E-state index < -0.39 is 0 Å². The lowest BCUT2D eigenvalue weighted by Crippen LogP contribution is -2.18. The summed E-state index contributed by atoms with van der Waals surface area (Å²) in [5, 5.41) is 0.629. The van der Waals surface area contributed by atoms with Gasteiger partial charge in [-0.3, -0.25) is 0 Å². The molecule has 0 saturated carbocycles. The van der Waals surface area contributed by atoms with Crippen LogP contribution >= 0.6 is 11.6 Å². The smallest absolute Gasteiger partial charge is 0.141 e. The van der Waals surface area contributed by atoms with Gasteiger partial charge in [-0.05, 0) is 31.4 Å². The highest BCUT2D eigenvalue weighted by Gasteiger charge is 2.09. The highest BCUT2D eigenvalue weighted by Crippen LogP contribution is 2.29. The highest BCUT2D eigenvalue weighted by atomic mass is 35.5. The summed E-state index contributed by atoms with van der Waals surface area (Å²) < 4.78 is 5.69. The van der Waals surface area contributed by atoms with E-state index in [9.17, 15) is 0 Å². The van der Waals surface area contributed by atoms with Crippen LogP contribution in [-0.2, 0) is 6.42 Å². The van der Waals surface area contributed by atoms with Gasteiger partial charge in [0.25, 0.3) is 0 Å². The second kappa shape index (κ2) is 7.21. The van der Waals surface area contributed by atoms with E-state index in [4.69, 9.17) is 28.5 Å². The average molecular weight is 252 g/mol. The maximum absolute atomic E-state index is 6.12. The Bertz CT molecular complexity index is 396. The normalized spacial score (nSPS) is 11.9. The number of benzene rings is 1. The van der Waals surface area contributed by atoms with Crippen molar-refractivity contribution in [2.75, 3.05) is 6.61 Å². The molecular formula is C14H18ClNO. The molecule has 1 aromatic carbocycles. The zero-order chi connectivity index (χ0) is 12.7. The lowest BCUT2D eigenvalue weighted by molar-refractivity contribution is 0.309. The first kappa shape index (κ1) is 13.9. The van der Waals surface area contributed by atoms with Crippen LogP contribution in [0, 0.1) is 12.3 Å². The first-order valence-corrected chi connectivity index (χ1v) is 6.12. The quantitative estimate of drug-likeness (QED) is 0.623. The zero-order valence-corrected chi connectivity index (χ0v) is 10.8. The number of nitrogens with two attached hydrogens (primary N) is 1. The van der Waals surface area contributed by atoms with Gasteiger partial charge < -0.3 is 10.5 Å². The first-order valence-electron chi connectivity index (χ1n) is 5.74. The molecule has 0 fully saturated rings. The molecule has 0 saturated heterocycles. The molecule has 0 aliphatic carbocycles. The van der Waals surface area contributed by atoms with E-state index in [-0.39, 0.29) is 6.04 Å². The van der Waals surface area contributed by atoms with E-state index in [2.05, 4.69) is 5.92 Å². The van der Waals surface area contributed by atoms with Crippen LogP contribution in [0.15, 0.2) is 18.2 Å². The third kappa shape index (κ3) is 4.68. The number of hydrogen-bond acceptors (Lipinski definition) is 2. The summed E-state index contributed by atoms with van der Waals surface area (Å²) in [7, 11) is 0. The van der Waals surface area contributed by atoms with Gasteiger partial charge in [0.05, 0.1) is 11.6 Å². The molecule has 1 rings (SSSR count). The molecule has 0 amide bonds. The van der Waals surface area contributed by atoms with Crippen LogP contribution in [0.1, 0.15) is 25.3 Å². The summed E-state index contributed by atoms with van der Waals surface area (Å²) >= 11 is 6.12. The van der Waals surface area contributed by atoms with E-state index >= 15 is 0 Å². The van der Waals surface area contributed by atoms with Crippen LogP contribution in [0.5, 0.6) is 5.75 Å². The standard InChI is InChI=1S/C14H18ClNO/c1-3-4-5-9-17-14-12(10-11(2)16)7-6-8-13(14)15/h1,6-8,11H,4-5,9-10,16H2,2H3. The molecule has 0 aliphatic rings. The maximum atomic E-state index is 6.12. The maximum Gasteiger partial charge on any atom is 0.141 e. The van der Waals surface area contributed by atoms with Crippen molar-refractivity contribution in [3.63, 3.8) is 0 Å². The number of hydrogen-bond donors (Lipinski definition) is 1. The molecule has 2 N–H and O–H groups in total. The average Bonchev–Trinajstić information content (AvgIpc) is 2.26. The molecule has 1 unspecified atom stereocenters. The minimum absolute atomic E-state index is 0.0847. The molecule has 0 heterocycles. The summed E-state index contributed by atoms with van der Waals surface area (Å²) in [6, 6.07) is 5.81. The zero-order valence-electron chi connectivity index (χ0n) is 10.1. The molecule has 0 spiro atoms. The second-order valence-electron chi connectivity index (χ2n) is 4.07. The monoisotopic (exact) mass is 251 g/mol. The minimum Gasteiger partial charge on any atom is -0.492 e. The summed E-state index contributed by atoms with van der Waals surface area (Å²) in [6.45, 7) is 2.54. The number of para-hydroxylation sites is 1. The predicted octanol–water partition coefficient (Wildman–Crippen LogP) is 3.02. The van der Waals surface area contributed by atoms with Crippen LogP contribution in [0.4, 0.5) is 0 Å². The van der Waals surface area contributed by atoms with Gasteiger partial charge in [0.1, 0.15) is 5.75 Å². The molecule has 0 aliphatic heterocycles. The summed E-state index contributed by atoms with van der Waals surface area (Å²) in [5.41, 5.74) is 6.84. The Hall–Kier alpha value is -1.17. The molecule has 0 radical (unpaired) electrons. The van der Waals surface area contributed by atoms with Crippen molar-refractivity contribution >= 4 is 11.6 Å². The van der Waals surface area contributed by atoms with Gasteiger partial charge in [0.15, 0.2) is 0 Å². The van der Waals surface area contributed by atoms with Gasteiger partial charge in [0.2, 0.25) is 0 Å². The van der Waals surface area contributed by atoms with Gasteiger partial charge in [0, 0.05) is 12.5 Å². The molecular weight excluding hydrogens is 234 g/mol. The summed E-state index contributed by atoms with van der Waals surface area (Å²) in [6.07, 6.45) is 7.49. The Morgan fingerprint density at radius 3 is 2.94 bits per heavy atom. The molecule has 2 nitrogen and oxygen atoms in total. The number of halogens is 1. The van der Waals surface area contributed by atoms with Crippen LogP contribution in [0.3, 0.4) is 0 Å². The van der Waals surface area contributed by atoms with Gasteiger partial charge in [-0.15, -0.1) is 12.3 Å². The van der Waals surface area contributed by atoms with Crippen molar-refractivity contribution in [1.82, 2.24) is 0 Å². The lowest BCUT2D eigenvalue weighted by Gasteiger charge is -2.14. The molecule has 92 valence electrons. The molecule has 1 aromatic rings. The van der Waals surface area contributed by atoms with Crippen molar-refractivity contribution in [3.05, 3.63) is 28.8 Å². The fourth-order valence-electron chi connectivity index (χ4n) is 1.57. The Morgan fingerprint density at radius 2 is 2.29 bits per heavy atom. The minimum atomic E-state index is 0.0847. The van der Waals surface area contributed by atoms with E-state index in [0.29, 0.717) is 18.1 Å². The van der Waals surface area contributed by atoms with Crippen LogP contribution in [-0.4, -0.2) is 12.6 Å². The van der Waals surface area contributed by atoms with Gasteiger partial charge in [-0.25, -0.2) is 0 Å². The third-order valence-corrected chi connectivity index (χ3v) is 2.60. The number of rotatable bonds is 6. The second-order valence-corrected chi connectivity index (χ2v) is 4.47. The van der Waals surface area contributed by atoms with Crippen molar-refractivity contribution in [2.24, 2.45) is 5.73 Å². The molecule has 0 bridgehead atoms. The Kier molecular flexibility index (Phi) is 5.90. The SMILES string of the molecule is C#CCCCOc1c(Cl)cccc1CC(C)N. The van der Waals surface area contributed by atoms with Crippen molar-refractivity contribution in [1.29, 1.82) is 0 Å². The van der Waals surface area contributed by atoms with Crippen molar-refractivity contribution < 1.29 is 4.74 Å². The Morgan fingerprint density at radius 1 is 1.53 bits per heavy atom. The van der Waals surface area contributed by atoms with E-state index in [1.54, 1.807) is 0 Å².